The molecule has 0 aromatic carbocycles. The maximum atomic E-state index is 0. The molecule has 0 rings (SSSR count). The monoisotopic (exact) mass is 735 g/mol. The second kappa shape index (κ2) is 22.5. The van der Waals surface area contributed by atoms with Crippen molar-refractivity contribution < 1.29 is 187 Å². The van der Waals surface area contributed by atoms with Gasteiger partial charge in [-0.25, -0.2) is 0 Å². The smallest absolute Gasteiger partial charge is 0 e. The van der Waals surface area contributed by atoms with Crippen molar-refractivity contribution in [1.29, 1.82) is 0 Å². The Morgan fingerprint density at radius 2 is 1.00 bits per heavy atom. The van der Waals surface area contributed by atoms with Gasteiger partial charge in [0.15, 0.2) is 0 Å². The fraction of sp³-hybridized carbons (Fsp3) is 0. The van der Waals surface area contributed by atoms with Crippen LogP contribution in [0.4, 0.5) is 0 Å². The molecule has 0 bridgehead atoms. The molecule has 0 atom stereocenters. The van der Waals surface area contributed by atoms with Gasteiger partial charge in [-0.2, -0.15) is 0 Å². The quantitative estimate of drug-likeness (QED) is 0.308. The number of hydrogen-bond acceptors (Lipinski definition) is 0. The van der Waals surface area contributed by atoms with Crippen molar-refractivity contribution in [2.24, 2.45) is 0 Å². The molecule has 0 fully saturated rings. The van der Waals surface area contributed by atoms with E-state index in [2.05, 4.69) is 0 Å². The van der Waals surface area contributed by atoms with E-state index in [0.29, 0.717) is 0 Å². The molecule has 5 heteroatoms. The number of rotatable bonds is 0. The molecule has 5 heavy (non-hydrogen) atoms. The molecule has 0 nitrogen and oxygen atoms in total. The Morgan fingerprint density at radius 3 is 1.00 bits per heavy atom. The summed E-state index contributed by atoms with van der Waals surface area (Å²) in [5, 5.41) is 0. The zero-order valence-electron chi connectivity index (χ0n) is 1.88. The Labute approximate surface area is 181 Å². The predicted octanol–water partition coefficient (Wildman–Crippen LogP) is -0.00250. The maximum absolute atomic E-state index is 0. The first-order valence-corrected chi connectivity index (χ1v) is 0. The Hall–Kier alpha value is 6.25. The summed E-state index contributed by atoms with van der Waals surface area (Å²) in [7, 11) is 0. The Bertz CT molecular complexity index is 11.6. The van der Waals surface area contributed by atoms with E-state index >= 15 is 0 Å². The third-order valence-corrected chi connectivity index (χ3v) is 0. The normalized spacial score (nSPS) is 0. The van der Waals surface area contributed by atoms with Crippen molar-refractivity contribution in [2.45, 2.75) is 0 Å². The van der Waals surface area contributed by atoms with Gasteiger partial charge in [0.2, 0.25) is 0 Å². The van der Waals surface area contributed by atoms with E-state index in [4.69, 9.17) is 0 Å². The average Bonchev–Trinajstić information content (AvgIpc) is 0. The summed E-state index contributed by atoms with van der Waals surface area (Å²) in [4.78, 5) is 0. The van der Waals surface area contributed by atoms with Gasteiger partial charge >= 0.3 is 0 Å². The molecule has 0 heterocycles. The Kier molecular flexibility index (Phi) is 136. The van der Waals surface area contributed by atoms with E-state index in [9.17, 15) is 0 Å². The maximum Gasteiger partial charge on any atom is 0 e. The molecule has 0 amide bonds. The van der Waals surface area contributed by atoms with Gasteiger partial charge in [0, 0.05) is 187 Å². The molecule has 0 N–H and O–H groups in total. The fourth-order valence-electron chi connectivity index (χ4n) is 0. The van der Waals surface area contributed by atoms with Gasteiger partial charge in [-0.15, -0.1) is 0 Å². The topological polar surface area (TPSA) is 0 Å². The summed E-state index contributed by atoms with van der Waals surface area (Å²) in [6.07, 6.45) is 0. The number of hydrogen-bond donors (Lipinski definition) is 0. The van der Waals surface area contributed by atoms with E-state index in [1.165, 1.54) is 0 Å². The zero-order chi connectivity index (χ0) is 0. The minimum atomic E-state index is 0. The molecule has 0 aliphatic rings. The zero-order valence-corrected chi connectivity index (χ0v) is 13.1. The molecular formula is DyGdHoTbY. The second-order valence-electron chi connectivity index (χ2n) is 0. The molecule has 3 radical (unpaired) electrons. The Morgan fingerprint density at radius 1 is 1.00 bits per heavy atom. The molecule has 0 saturated carbocycles. The third kappa shape index (κ3) is 17.9. The van der Waals surface area contributed by atoms with Crippen LogP contribution in [0.15, 0.2) is 0 Å². The van der Waals surface area contributed by atoms with Crippen molar-refractivity contribution in [3.63, 3.8) is 0 Å². The summed E-state index contributed by atoms with van der Waals surface area (Å²) < 4.78 is 0. The molecule has 0 aromatic heterocycles. The van der Waals surface area contributed by atoms with Crippen LogP contribution in [-0.4, -0.2) is 0 Å². The van der Waals surface area contributed by atoms with Crippen molar-refractivity contribution in [2.75, 3.05) is 0 Å². The summed E-state index contributed by atoms with van der Waals surface area (Å²) in [5.41, 5.74) is 0. The van der Waals surface area contributed by atoms with Crippen molar-refractivity contribution in [3.05, 3.63) is 0 Å². The van der Waals surface area contributed by atoms with Gasteiger partial charge in [0.05, 0.1) is 0 Å². The van der Waals surface area contributed by atoms with Crippen molar-refractivity contribution in [3.8, 4) is 0 Å². The van der Waals surface area contributed by atoms with Crippen molar-refractivity contribution in [1.82, 2.24) is 0 Å². The molecular weight excluding hydrogens is 733 g/mol. The van der Waals surface area contributed by atoms with Crippen LogP contribution in [0.3, 0.4) is 0 Å². The first-order valence-electron chi connectivity index (χ1n) is 0. The van der Waals surface area contributed by atoms with Crippen LogP contribution < -0.4 is 0 Å². The van der Waals surface area contributed by atoms with E-state index in [1.807, 2.05) is 0 Å². The van der Waals surface area contributed by atoms with Crippen LogP contribution in [0, 0.1) is 154 Å². The minimum Gasteiger partial charge on any atom is 0 e. The summed E-state index contributed by atoms with van der Waals surface area (Å²) in [6.45, 7) is 0. The van der Waals surface area contributed by atoms with E-state index in [-0.39, 0.29) is 187 Å². The SMILES string of the molecule is [Dy].[Gd].[Ho].[Tb].[Y]. The van der Waals surface area contributed by atoms with E-state index in [0.717, 1.165) is 0 Å². The van der Waals surface area contributed by atoms with Crippen LogP contribution in [0.1, 0.15) is 0 Å². The average molecular weight is 733 g/mol. The summed E-state index contributed by atoms with van der Waals surface area (Å²) in [5.74, 6) is 0. The minimum absolute atomic E-state index is 0. The fourth-order valence-corrected chi connectivity index (χ4v) is 0. The van der Waals surface area contributed by atoms with Crippen molar-refractivity contribution >= 4 is 0 Å². The first-order chi connectivity index (χ1) is 0. The second-order valence-corrected chi connectivity index (χ2v) is 0. The van der Waals surface area contributed by atoms with E-state index < -0.39 is 0 Å². The standard InChI is InChI=1S/Dy.Gd.Ho.Tb.Y. The van der Waals surface area contributed by atoms with Gasteiger partial charge < -0.3 is 0 Å². The van der Waals surface area contributed by atoms with Gasteiger partial charge in [0.25, 0.3) is 0 Å². The molecule has 0 unspecified atom stereocenters. The first kappa shape index (κ1) is 30.3. The predicted molar refractivity (Wildman–Crippen MR) is 0 cm³/mol. The van der Waals surface area contributed by atoms with Gasteiger partial charge in [0.1, 0.15) is 0 Å². The summed E-state index contributed by atoms with van der Waals surface area (Å²) >= 11 is 0. The molecule has 0 aliphatic heterocycles. The van der Waals surface area contributed by atoms with Gasteiger partial charge in [-0.1, -0.05) is 0 Å². The van der Waals surface area contributed by atoms with Crippen LogP contribution in [0.2, 0.25) is 0 Å². The van der Waals surface area contributed by atoms with Crippen LogP contribution in [-0.2, 0) is 32.7 Å². The van der Waals surface area contributed by atoms with E-state index in [1.54, 1.807) is 0 Å². The molecule has 0 aromatic rings. The molecule has 41 valence electrons. The van der Waals surface area contributed by atoms with Gasteiger partial charge in [-0.3, -0.25) is 0 Å². The molecule has 0 aliphatic carbocycles. The largest absolute Gasteiger partial charge is 0 e. The van der Waals surface area contributed by atoms with Gasteiger partial charge in [-0.05, 0) is 0 Å². The summed E-state index contributed by atoms with van der Waals surface area (Å²) in [6, 6.07) is 0. The third-order valence-electron chi connectivity index (χ3n) is 0. The Balaban J connectivity index is 0. The van der Waals surface area contributed by atoms with Crippen LogP contribution >= 0.6 is 0 Å². The molecule has 0 saturated heterocycles. The van der Waals surface area contributed by atoms with Crippen LogP contribution in [0.5, 0.6) is 0 Å². The van der Waals surface area contributed by atoms with Crippen LogP contribution in [0.25, 0.3) is 0 Å². The molecule has 0 spiro atoms.